The molecule has 0 radical (unpaired) electrons. The minimum atomic E-state index is -0.0693. The monoisotopic (exact) mass is 293 g/mol. The van der Waals surface area contributed by atoms with Gasteiger partial charge in [-0.1, -0.05) is 57.7 Å². The van der Waals surface area contributed by atoms with E-state index in [4.69, 9.17) is 4.74 Å². The maximum Gasteiger partial charge on any atom is 0.123 e. The summed E-state index contributed by atoms with van der Waals surface area (Å²) in [6.45, 7) is 23.1. The van der Waals surface area contributed by atoms with E-state index in [2.05, 4.69) is 44.4 Å². The molecule has 1 unspecified atom stereocenters. The largest absolute Gasteiger partial charge is 0.496 e. The van der Waals surface area contributed by atoms with Crippen LogP contribution < -0.4 is 0 Å². The Morgan fingerprint density at radius 1 is 1.00 bits per heavy atom. The van der Waals surface area contributed by atoms with Gasteiger partial charge in [0.1, 0.15) is 5.76 Å². The van der Waals surface area contributed by atoms with Crippen LogP contribution in [0.5, 0.6) is 0 Å². The third kappa shape index (κ3) is 2.82. The maximum absolute atomic E-state index is 5.41. The second-order valence-corrected chi connectivity index (χ2v) is 4.48. The molecule has 0 saturated heterocycles. The zero-order valence-electron chi connectivity index (χ0n) is 13.2. The predicted molar refractivity (Wildman–Crippen MR) is 96.0 cm³/mol. The van der Waals surface area contributed by atoms with Gasteiger partial charge in [0.05, 0.1) is 13.2 Å². The van der Waals surface area contributed by atoms with Gasteiger partial charge < -0.3 is 9.64 Å². The van der Waals surface area contributed by atoms with Crippen LogP contribution in [0.2, 0.25) is 0 Å². The number of methoxy groups -OCH3 is 1. The van der Waals surface area contributed by atoms with Crippen molar-refractivity contribution in [3.05, 3.63) is 110 Å². The smallest absolute Gasteiger partial charge is 0.123 e. The highest BCUT2D eigenvalue weighted by Gasteiger charge is 2.38. The molecule has 0 spiro atoms. The molecule has 0 aromatic heterocycles. The van der Waals surface area contributed by atoms with Crippen molar-refractivity contribution < 1.29 is 4.74 Å². The number of rotatable bonds is 9. The van der Waals surface area contributed by atoms with Crippen molar-refractivity contribution in [1.29, 1.82) is 0 Å². The third-order valence-electron chi connectivity index (χ3n) is 3.50. The minimum Gasteiger partial charge on any atom is -0.496 e. The van der Waals surface area contributed by atoms with Gasteiger partial charge in [0, 0.05) is 22.5 Å². The van der Waals surface area contributed by atoms with E-state index in [1.54, 1.807) is 37.5 Å². The van der Waals surface area contributed by atoms with Crippen molar-refractivity contribution in [3.8, 4) is 0 Å². The van der Waals surface area contributed by atoms with Crippen LogP contribution in [0.4, 0.5) is 0 Å². The summed E-state index contributed by atoms with van der Waals surface area (Å²) in [6.07, 6.45) is 12.5. The highest BCUT2D eigenvalue weighted by Crippen LogP contribution is 2.41. The Hall–Kier alpha value is -2.74. The van der Waals surface area contributed by atoms with Crippen molar-refractivity contribution in [2.75, 3.05) is 7.11 Å². The van der Waals surface area contributed by atoms with Crippen LogP contribution in [0.1, 0.15) is 0 Å². The Balaban J connectivity index is 3.58. The lowest BCUT2D eigenvalue weighted by Gasteiger charge is -2.46. The molecule has 114 valence electrons. The molecule has 1 aliphatic rings. The zero-order valence-corrected chi connectivity index (χ0v) is 13.2. The quantitative estimate of drug-likeness (QED) is 0.446. The molecule has 2 heteroatoms. The van der Waals surface area contributed by atoms with E-state index in [0.717, 1.165) is 22.5 Å². The molecular weight excluding hydrogens is 270 g/mol. The van der Waals surface area contributed by atoms with Gasteiger partial charge in [-0.25, -0.2) is 0 Å². The molecule has 0 bridgehead atoms. The molecule has 1 rings (SSSR count). The number of hydrogen-bond acceptors (Lipinski definition) is 2. The molecule has 0 saturated carbocycles. The normalized spacial score (nSPS) is 18.7. The summed E-state index contributed by atoms with van der Waals surface area (Å²) >= 11 is 0. The molecule has 2 nitrogen and oxygen atoms in total. The zero-order chi connectivity index (χ0) is 16.7. The van der Waals surface area contributed by atoms with Gasteiger partial charge in [0.25, 0.3) is 0 Å². The number of allylic oxidation sites excluding steroid dienone is 5. The van der Waals surface area contributed by atoms with Crippen LogP contribution in [0.15, 0.2) is 110 Å². The molecular formula is C20H23NO. The first-order valence-electron chi connectivity index (χ1n) is 6.91. The first-order chi connectivity index (χ1) is 10.6. The van der Waals surface area contributed by atoms with Gasteiger partial charge >= 0.3 is 0 Å². The van der Waals surface area contributed by atoms with Crippen LogP contribution in [-0.2, 0) is 4.74 Å². The predicted octanol–water partition coefficient (Wildman–Crippen LogP) is 4.83. The van der Waals surface area contributed by atoms with Crippen LogP contribution in [-0.4, -0.2) is 18.1 Å². The topological polar surface area (TPSA) is 12.5 Å². The molecule has 0 amide bonds. The van der Waals surface area contributed by atoms with Crippen LogP contribution in [0, 0.1) is 0 Å². The Morgan fingerprint density at radius 3 is 2.05 bits per heavy atom. The van der Waals surface area contributed by atoms with Crippen LogP contribution in [0.3, 0.4) is 0 Å². The van der Waals surface area contributed by atoms with Crippen molar-refractivity contribution in [1.82, 2.24) is 4.90 Å². The number of hydrogen-bond donors (Lipinski definition) is 0. The molecule has 0 fully saturated rings. The fourth-order valence-corrected chi connectivity index (χ4v) is 2.55. The maximum atomic E-state index is 5.41. The fraction of sp³-hybridized carbons (Fsp3) is 0.100. The standard InChI is InChI=1S/C20H23NO/c1-8-14-15(9-2)21-18(12-5)16(10-3)20(21)17(11-4)19(13-6)22-7/h8-14,20H,1-6H2,7H3/b15-14+,19-17-. The highest BCUT2D eigenvalue weighted by atomic mass is 16.5. The van der Waals surface area contributed by atoms with Gasteiger partial charge in [-0.05, 0) is 24.3 Å². The minimum absolute atomic E-state index is 0.0693. The lowest BCUT2D eigenvalue weighted by molar-refractivity contribution is 0.285. The molecule has 0 aromatic rings. The number of ether oxygens (including phenoxy) is 1. The Morgan fingerprint density at radius 2 is 1.68 bits per heavy atom. The SMILES string of the molecule is C=C/C=C(\C=C)N1C(C=C)=C(C=C)C1/C(C=C)=C(/C=C)OC. The van der Waals surface area contributed by atoms with Gasteiger partial charge in [0.15, 0.2) is 0 Å². The highest BCUT2D eigenvalue weighted by molar-refractivity contribution is 5.56. The summed E-state index contributed by atoms with van der Waals surface area (Å²) < 4.78 is 5.41. The van der Waals surface area contributed by atoms with Crippen LogP contribution >= 0.6 is 0 Å². The van der Waals surface area contributed by atoms with E-state index in [-0.39, 0.29) is 6.04 Å². The van der Waals surface area contributed by atoms with E-state index >= 15 is 0 Å². The number of nitrogens with zero attached hydrogens (tertiary/aromatic N) is 1. The Bertz CT molecular complexity index is 614. The lowest BCUT2D eigenvalue weighted by atomic mass is 9.85. The second kappa shape index (κ2) is 7.89. The average molecular weight is 293 g/mol. The molecule has 1 atom stereocenters. The molecule has 1 heterocycles. The van der Waals surface area contributed by atoms with Crippen molar-refractivity contribution in [2.45, 2.75) is 6.04 Å². The van der Waals surface area contributed by atoms with Gasteiger partial charge in [-0.3, -0.25) is 0 Å². The summed E-state index contributed by atoms with van der Waals surface area (Å²) in [6, 6.07) is -0.0693. The molecule has 0 aliphatic carbocycles. The van der Waals surface area contributed by atoms with E-state index in [1.165, 1.54) is 0 Å². The second-order valence-electron chi connectivity index (χ2n) is 4.48. The van der Waals surface area contributed by atoms with E-state index in [1.807, 2.05) is 12.2 Å². The average Bonchev–Trinajstić information content (AvgIpc) is 2.53. The first-order valence-corrected chi connectivity index (χ1v) is 6.91. The molecule has 0 N–H and O–H groups in total. The van der Waals surface area contributed by atoms with Crippen LogP contribution in [0.25, 0.3) is 0 Å². The fourth-order valence-electron chi connectivity index (χ4n) is 2.55. The van der Waals surface area contributed by atoms with Crippen molar-refractivity contribution in [3.63, 3.8) is 0 Å². The summed E-state index contributed by atoms with van der Waals surface area (Å²) in [7, 11) is 1.61. The molecule has 0 aromatic carbocycles. The summed E-state index contributed by atoms with van der Waals surface area (Å²) in [5.74, 6) is 0.675. The van der Waals surface area contributed by atoms with Gasteiger partial charge in [-0.2, -0.15) is 0 Å². The van der Waals surface area contributed by atoms with Crippen molar-refractivity contribution >= 4 is 0 Å². The molecule has 22 heavy (non-hydrogen) atoms. The van der Waals surface area contributed by atoms with Gasteiger partial charge in [0.2, 0.25) is 0 Å². The Labute approximate surface area is 133 Å². The van der Waals surface area contributed by atoms with E-state index in [9.17, 15) is 0 Å². The van der Waals surface area contributed by atoms with E-state index in [0.29, 0.717) is 5.76 Å². The Kier molecular flexibility index (Phi) is 6.21. The van der Waals surface area contributed by atoms with Crippen molar-refractivity contribution in [2.24, 2.45) is 0 Å². The molecule has 1 aliphatic heterocycles. The summed E-state index contributed by atoms with van der Waals surface area (Å²) in [4.78, 5) is 2.10. The van der Waals surface area contributed by atoms with Gasteiger partial charge in [-0.15, -0.1) is 0 Å². The summed E-state index contributed by atoms with van der Waals surface area (Å²) in [5, 5.41) is 0. The third-order valence-corrected chi connectivity index (χ3v) is 3.50. The first kappa shape index (κ1) is 17.3. The summed E-state index contributed by atoms with van der Waals surface area (Å²) in [5.41, 5.74) is 3.86. The van der Waals surface area contributed by atoms with E-state index < -0.39 is 0 Å². The lowest BCUT2D eigenvalue weighted by Crippen LogP contribution is -2.45.